The SMILES string of the molecule is N#C/C(=C\c1cccs1)C(=O)Nc1cc(Cl)cc(Cl)c1. The minimum Gasteiger partial charge on any atom is -0.321 e. The molecule has 20 heavy (non-hydrogen) atoms. The second-order valence-electron chi connectivity index (χ2n) is 3.80. The van der Waals surface area contributed by atoms with Crippen LogP contribution in [0.1, 0.15) is 4.88 Å². The summed E-state index contributed by atoms with van der Waals surface area (Å²) in [6, 6.07) is 10.2. The van der Waals surface area contributed by atoms with Crippen molar-refractivity contribution in [1.82, 2.24) is 0 Å². The van der Waals surface area contributed by atoms with Gasteiger partial charge in [-0.3, -0.25) is 4.79 Å². The van der Waals surface area contributed by atoms with Gasteiger partial charge < -0.3 is 5.32 Å². The van der Waals surface area contributed by atoms with E-state index >= 15 is 0 Å². The van der Waals surface area contributed by atoms with Crippen LogP contribution in [0.15, 0.2) is 41.3 Å². The van der Waals surface area contributed by atoms with E-state index in [1.807, 2.05) is 23.6 Å². The van der Waals surface area contributed by atoms with Crippen molar-refractivity contribution in [2.24, 2.45) is 0 Å². The summed E-state index contributed by atoms with van der Waals surface area (Å²) in [5.74, 6) is -0.501. The molecular formula is C14H8Cl2N2OS. The Hall–Kier alpha value is -1.80. The largest absolute Gasteiger partial charge is 0.321 e. The van der Waals surface area contributed by atoms with Crippen LogP contribution in [-0.4, -0.2) is 5.91 Å². The third kappa shape index (κ3) is 3.84. The van der Waals surface area contributed by atoms with E-state index in [2.05, 4.69) is 5.32 Å². The Balaban J connectivity index is 2.20. The zero-order chi connectivity index (χ0) is 14.5. The number of halogens is 2. The van der Waals surface area contributed by atoms with Crippen molar-refractivity contribution in [2.75, 3.05) is 5.32 Å². The number of anilines is 1. The number of carbonyl (C=O) groups excluding carboxylic acids is 1. The van der Waals surface area contributed by atoms with Crippen molar-refractivity contribution in [3.63, 3.8) is 0 Å². The van der Waals surface area contributed by atoms with Crippen LogP contribution in [0.3, 0.4) is 0 Å². The second-order valence-corrected chi connectivity index (χ2v) is 5.65. The van der Waals surface area contributed by atoms with Gasteiger partial charge >= 0.3 is 0 Å². The van der Waals surface area contributed by atoms with Crippen molar-refractivity contribution in [3.8, 4) is 6.07 Å². The third-order valence-electron chi connectivity index (χ3n) is 2.32. The molecule has 1 amide bonds. The van der Waals surface area contributed by atoms with Gasteiger partial charge in [0.1, 0.15) is 11.6 Å². The number of nitriles is 1. The Labute approximate surface area is 130 Å². The first kappa shape index (κ1) is 14.6. The number of amides is 1. The van der Waals surface area contributed by atoms with Crippen LogP contribution in [-0.2, 0) is 4.79 Å². The highest BCUT2D eigenvalue weighted by atomic mass is 35.5. The second kappa shape index (κ2) is 6.58. The van der Waals surface area contributed by atoms with Crippen molar-refractivity contribution in [1.29, 1.82) is 5.26 Å². The number of rotatable bonds is 3. The van der Waals surface area contributed by atoms with E-state index < -0.39 is 5.91 Å². The van der Waals surface area contributed by atoms with E-state index in [0.717, 1.165) is 4.88 Å². The molecule has 0 unspecified atom stereocenters. The Bertz CT molecular complexity index is 682. The highest BCUT2D eigenvalue weighted by Gasteiger charge is 2.10. The molecule has 6 heteroatoms. The molecule has 3 nitrogen and oxygen atoms in total. The standard InChI is InChI=1S/C14H8Cl2N2OS/c15-10-5-11(16)7-12(6-10)18-14(19)9(8-17)4-13-2-1-3-20-13/h1-7H,(H,18,19)/b9-4+. The van der Waals surface area contributed by atoms with Gasteiger partial charge in [-0.25, -0.2) is 0 Å². The fourth-order valence-corrected chi connectivity index (χ4v) is 2.67. The van der Waals surface area contributed by atoms with Crippen LogP contribution in [0.2, 0.25) is 10.0 Å². The van der Waals surface area contributed by atoms with Crippen LogP contribution in [0.5, 0.6) is 0 Å². The summed E-state index contributed by atoms with van der Waals surface area (Å²) in [5.41, 5.74) is 0.461. The van der Waals surface area contributed by atoms with Gasteiger partial charge in [-0.1, -0.05) is 29.3 Å². The van der Waals surface area contributed by atoms with Crippen molar-refractivity contribution in [2.45, 2.75) is 0 Å². The van der Waals surface area contributed by atoms with E-state index in [1.54, 1.807) is 18.2 Å². The van der Waals surface area contributed by atoms with E-state index in [-0.39, 0.29) is 5.57 Å². The molecule has 0 atom stereocenters. The predicted molar refractivity (Wildman–Crippen MR) is 83.0 cm³/mol. The lowest BCUT2D eigenvalue weighted by molar-refractivity contribution is -0.112. The molecule has 1 aromatic heterocycles. The highest BCUT2D eigenvalue weighted by molar-refractivity contribution is 7.10. The lowest BCUT2D eigenvalue weighted by Gasteiger charge is -2.05. The molecule has 1 heterocycles. The van der Waals surface area contributed by atoms with Crippen molar-refractivity contribution < 1.29 is 4.79 Å². The average Bonchev–Trinajstić information content (AvgIpc) is 2.87. The first-order valence-corrected chi connectivity index (χ1v) is 7.15. The molecule has 0 bridgehead atoms. The molecule has 0 aliphatic heterocycles. The summed E-state index contributed by atoms with van der Waals surface area (Å²) < 4.78 is 0. The number of hydrogen-bond acceptors (Lipinski definition) is 3. The number of benzene rings is 1. The van der Waals surface area contributed by atoms with Crippen LogP contribution in [0, 0.1) is 11.3 Å². The molecule has 0 aliphatic rings. The third-order valence-corrected chi connectivity index (χ3v) is 3.57. The van der Waals surface area contributed by atoms with Crippen molar-refractivity contribution >= 4 is 52.2 Å². The maximum atomic E-state index is 12.0. The minimum absolute atomic E-state index is 0.0172. The maximum Gasteiger partial charge on any atom is 0.266 e. The minimum atomic E-state index is -0.501. The van der Waals surface area contributed by atoms with Crippen LogP contribution >= 0.6 is 34.5 Å². The molecule has 100 valence electrons. The quantitative estimate of drug-likeness (QED) is 0.663. The van der Waals surface area contributed by atoms with E-state index in [4.69, 9.17) is 28.5 Å². The number of nitrogens with one attached hydrogen (secondary N) is 1. The van der Waals surface area contributed by atoms with Gasteiger partial charge in [0.2, 0.25) is 0 Å². The number of nitrogens with zero attached hydrogens (tertiary/aromatic N) is 1. The van der Waals surface area contributed by atoms with Crippen molar-refractivity contribution in [3.05, 3.63) is 56.2 Å². The molecule has 0 fully saturated rings. The van der Waals surface area contributed by atoms with Gasteiger partial charge in [-0.05, 0) is 35.7 Å². The molecular weight excluding hydrogens is 315 g/mol. The summed E-state index contributed by atoms with van der Waals surface area (Å²) >= 11 is 13.1. The zero-order valence-corrected chi connectivity index (χ0v) is 12.4. The van der Waals surface area contributed by atoms with Gasteiger partial charge in [-0.15, -0.1) is 11.3 Å². The Morgan fingerprint density at radius 3 is 2.55 bits per heavy atom. The lowest BCUT2D eigenvalue weighted by atomic mass is 10.2. The van der Waals surface area contributed by atoms with Gasteiger partial charge in [0.25, 0.3) is 5.91 Å². The Morgan fingerprint density at radius 2 is 2.00 bits per heavy atom. The fourth-order valence-electron chi connectivity index (χ4n) is 1.49. The lowest BCUT2D eigenvalue weighted by Crippen LogP contribution is -2.13. The van der Waals surface area contributed by atoms with Gasteiger partial charge in [0, 0.05) is 20.6 Å². The topological polar surface area (TPSA) is 52.9 Å². The van der Waals surface area contributed by atoms with Crippen LogP contribution < -0.4 is 5.32 Å². The van der Waals surface area contributed by atoms with E-state index in [9.17, 15) is 4.79 Å². The number of carbonyl (C=O) groups is 1. The molecule has 2 aromatic rings. The Morgan fingerprint density at radius 1 is 1.30 bits per heavy atom. The van der Waals surface area contributed by atoms with Gasteiger partial charge in [0.05, 0.1) is 0 Å². The molecule has 2 rings (SSSR count). The summed E-state index contributed by atoms with van der Waals surface area (Å²) in [6.45, 7) is 0. The van der Waals surface area contributed by atoms with Crippen LogP contribution in [0.25, 0.3) is 6.08 Å². The number of hydrogen-bond donors (Lipinski definition) is 1. The normalized spacial score (nSPS) is 10.9. The summed E-state index contributed by atoms with van der Waals surface area (Å²) in [6.07, 6.45) is 1.53. The maximum absolute atomic E-state index is 12.0. The molecule has 1 N–H and O–H groups in total. The van der Waals surface area contributed by atoms with Gasteiger partial charge in [0.15, 0.2) is 0 Å². The Kier molecular flexibility index (Phi) is 4.80. The molecule has 0 saturated carbocycles. The highest BCUT2D eigenvalue weighted by Crippen LogP contribution is 2.23. The predicted octanol–water partition coefficient (Wildman–Crippen LogP) is 4.60. The van der Waals surface area contributed by atoms with E-state index in [0.29, 0.717) is 15.7 Å². The average molecular weight is 323 g/mol. The molecule has 0 radical (unpaired) electrons. The number of thiophene rings is 1. The summed E-state index contributed by atoms with van der Waals surface area (Å²) in [7, 11) is 0. The van der Waals surface area contributed by atoms with Gasteiger partial charge in [-0.2, -0.15) is 5.26 Å². The molecule has 0 aliphatic carbocycles. The monoisotopic (exact) mass is 322 g/mol. The van der Waals surface area contributed by atoms with E-state index in [1.165, 1.54) is 17.4 Å². The first-order valence-electron chi connectivity index (χ1n) is 5.51. The molecule has 0 saturated heterocycles. The molecule has 1 aromatic carbocycles. The summed E-state index contributed by atoms with van der Waals surface area (Å²) in [4.78, 5) is 12.8. The fraction of sp³-hybridized carbons (Fsp3) is 0. The first-order chi connectivity index (χ1) is 9.58. The summed E-state index contributed by atoms with van der Waals surface area (Å²) in [5, 5.41) is 14.3. The van der Waals surface area contributed by atoms with Crippen LogP contribution in [0.4, 0.5) is 5.69 Å². The smallest absolute Gasteiger partial charge is 0.266 e. The molecule has 0 spiro atoms. The zero-order valence-electron chi connectivity index (χ0n) is 10.1.